The molecular formula is C16H27NO6S. The number of carboxylic acids is 1. The third kappa shape index (κ3) is 4.47. The lowest BCUT2D eigenvalue weighted by Crippen LogP contribution is -2.58. The van der Waals surface area contributed by atoms with Gasteiger partial charge in [0, 0.05) is 23.6 Å². The Hall–Kier alpha value is -0.700. The number of carboxylic acid groups (broad SMARTS) is 1. The normalized spacial score (nSPS) is 31.2. The molecular weight excluding hydrogens is 334 g/mol. The second kappa shape index (κ2) is 9.12. The summed E-state index contributed by atoms with van der Waals surface area (Å²) in [5.74, 6) is -1.01. The van der Waals surface area contributed by atoms with Crippen molar-refractivity contribution in [3.63, 3.8) is 0 Å². The summed E-state index contributed by atoms with van der Waals surface area (Å²) in [6.45, 7) is 0.165. The lowest BCUT2D eigenvalue weighted by atomic mass is 9.66. The Morgan fingerprint density at radius 3 is 2.33 bits per heavy atom. The van der Waals surface area contributed by atoms with Crippen LogP contribution in [0.1, 0.15) is 51.4 Å². The van der Waals surface area contributed by atoms with Gasteiger partial charge < -0.3 is 19.3 Å². The molecule has 0 aromatic heterocycles. The predicted molar refractivity (Wildman–Crippen MR) is 91.0 cm³/mol. The molecule has 2 rings (SSSR count). The fourth-order valence-electron chi connectivity index (χ4n) is 4.10. The molecule has 0 bridgehead atoms. The SMILES string of the molecule is COCC(COC12CCCCC1(SN=O)CCCC2)OCC(=O)O. The average Bonchev–Trinajstić information content (AvgIpc) is 2.57. The molecule has 0 amide bonds. The van der Waals surface area contributed by atoms with E-state index in [0.29, 0.717) is 0 Å². The Morgan fingerprint density at radius 1 is 1.17 bits per heavy atom. The van der Waals surface area contributed by atoms with Gasteiger partial charge in [0.15, 0.2) is 0 Å². The third-order valence-electron chi connectivity index (χ3n) is 5.21. The number of hydrogen-bond donors (Lipinski definition) is 1. The minimum atomic E-state index is -1.01. The van der Waals surface area contributed by atoms with E-state index in [9.17, 15) is 9.70 Å². The number of rotatable bonds is 10. The number of aliphatic carboxylic acids is 1. The summed E-state index contributed by atoms with van der Waals surface area (Å²) in [6.07, 6.45) is 7.59. The number of methoxy groups -OCH3 is 1. The van der Waals surface area contributed by atoms with Crippen molar-refractivity contribution in [2.45, 2.75) is 67.8 Å². The first-order chi connectivity index (χ1) is 11.6. The van der Waals surface area contributed by atoms with E-state index < -0.39 is 12.1 Å². The lowest BCUT2D eigenvalue weighted by Gasteiger charge is -2.54. The van der Waals surface area contributed by atoms with Crippen molar-refractivity contribution in [2.24, 2.45) is 4.58 Å². The molecule has 0 aromatic carbocycles. The summed E-state index contributed by atoms with van der Waals surface area (Å²) in [5.41, 5.74) is -0.374. The van der Waals surface area contributed by atoms with Crippen LogP contribution in [0.2, 0.25) is 0 Å². The van der Waals surface area contributed by atoms with Crippen molar-refractivity contribution < 1.29 is 24.1 Å². The average molecular weight is 361 g/mol. The number of nitroso groups, excluding NO2 is 1. The predicted octanol–water partition coefficient (Wildman–Crippen LogP) is 3.16. The zero-order valence-electron chi connectivity index (χ0n) is 14.2. The Labute approximate surface area is 146 Å². The molecule has 24 heavy (non-hydrogen) atoms. The molecule has 2 aliphatic carbocycles. The standard InChI is InChI=1S/C16H27NO6S/c1-21-10-13(22-12-14(18)19)11-23-15-6-2-4-8-16(15,24-17-20)9-5-3-7-15/h13H,2-12H2,1H3,(H,18,19). The quantitative estimate of drug-likeness (QED) is 0.472. The van der Waals surface area contributed by atoms with Gasteiger partial charge >= 0.3 is 5.97 Å². The molecule has 0 aromatic rings. The fourth-order valence-corrected chi connectivity index (χ4v) is 5.14. The Kier molecular flexibility index (Phi) is 7.46. The maximum Gasteiger partial charge on any atom is 0.329 e. The Balaban J connectivity index is 2.06. The van der Waals surface area contributed by atoms with Crippen molar-refractivity contribution in [3.05, 3.63) is 4.91 Å². The van der Waals surface area contributed by atoms with Crippen LogP contribution in [-0.2, 0) is 19.0 Å². The maximum absolute atomic E-state index is 11.0. The zero-order valence-corrected chi connectivity index (χ0v) is 15.0. The van der Waals surface area contributed by atoms with E-state index in [2.05, 4.69) is 4.58 Å². The molecule has 8 heteroatoms. The van der Waals surface area contributed by atoms with Gasteiger partial charge in [0.2, 0.25) is 0 Å². The van der Waals surface area contributed by atoms with Gasteiger partial charge in [-0.05, 0) is 25.7 Å². The fraction of sp³-hybridized carbons (Fsp3) is 0.938. The number of nitrogens with zero attached hydrogens (tertiary/aromatic N) is 1. The number of ether oxygens (including phenoxy) is 3. The van der Waals surface area contributed by atoms with Crippen LogP contribution < -0.4 is 0 Å². The van der Waals surface area contributed by atoms with E-state index in [1.54, 1.807) is 7.11 Å². The van der Waals surface area contributed by atoms with Crippen molar-refractivity contribution >= 4 is 17.9 Å². The van der Waals surface area contributed by atoms with Gasteiger partial charge in [-0.3, -0.25) is 0 Å². The third-order valence-corrected chi connectivity index (χ3v) is 6.41. The second-order valence-corrected chi connectivity index (χ2v) is 7.77. The van der Waals surface area contributed by atoms with Crippen LogP contribution in [0.4, 0.5) is 0 Å². The van der Waals surface area contributed by atoms with Gasteiger partial charge in [-0.25, -0.2) is 4.79 Å². The molecule has 138 valence electrons. The van der Waals surface area contributed by atoms with Crippen LogP contribution in [0.3, 0.4) is 0 Å². The second-order valence-electron chi connectivity index (χ2n) is 6.66. The molecule has 1 atom stereocenters. The summed E-state index contributed by atoms with van der Waals surface area (Å²) in [4.78, 5) is 21.8. The molecule has 2 aliphatic rings. The van der Waals surface area contributed by atoms with E-state index in [1.807, 2.05) is 0 Å². The Bertz CT molecular complexity index is 421. The Morgan fingerprint density at radius 2 is 1.79 bits per heavy atom. The van der Waals surface area contributed by atoms with Crippen molar-refractivity contribution in [3.8, 4) is 0 Å². The maximum atomic E-state index is 11.0. The smallest absolute Gasteiger partial charge is 0.329 e. The molecule has 1 N–H and O–H groups in total. The highest BCUT2D eigenvalue weighted by Gasteiger charge is 2.56. The first-order valence-electron chi connectivity index (χ1n) is 8.55. The number of carbonyl (C=O) groups is 1. The van der Waals surface area contributed by atoms with Crippen LogP contribution >= 0.6 is 11.9 Å². The molecule has 2 saturated carbocycles. The highest BCUT2D eigenvalue weighted by atomic mass is 32.2. The molecule has 1 unspecified atom stereocenters. The number of hydrogen-bond acceptors (Lipinski definition) is 7. The van der Waals surface area contributed by atoms with Gasteiger partial charge in [-0.15, -0.1) is 4.91 Å². The largest absolute Gasteiger partial charge is 0.480 e. The number of fused-ring (bicyclic) bond motifs is 1. The van der Waals surface area contributed by atoms with Crippen LogP contribution in [-0.4, -0.2) is 54.5 Å². The van der Waals surface area contributed by atoms with Crippen molar-refractivity contribution in [1.82, 2.24) is 0 Å². The first-order valence-corrected chi connectivity index (χ1v) is 9.32. The van der Waals surface area contributed by atoms with Gasteiger partial charge in [0.1, 0.15) is 12.7 Å². The molecule has 2 fully saturated rings. The van der Waals surface area contributed by atoms with Crippen LogP contribution in [0.15, 0.2) is 4.58 Å². The van der Waals surface area contributed by atoms with Crippen LogP contribution in [0.25, 0.3) is 0 Å². The van der Waals surface area contributed by atoms with E-state index in [-0.39, 0.29) is 30.2 Å². The van der Waals surface area contributed by atoms with Crippen molar-refractivity contribution in [1.29, 1.82) is 0 Å². The lowest BCUT2D eigenvalue weighted by molar-refractivity contribution is -0.162. The van der Waals surface area contributed by atoms with Gasteiger partial charge in [-0.2, -0.15) is 0 Å². The molecule has 0 spiro atoms. The van der Waals surface area contributed by atoms with Crippen molar-refractivity contribution in [2.75, 3.05) is 26.9 Å². The van der Waals surface area contributed by atoms with E-state index in [4.69, 9.17) is 19.3 Å². The van der Waals surface area contributed by atoms with E-state index >= 15 is 0 Å². The monoisotopic (exact) mass is 361 g/mol. The highest BCUT2D eigenvalue weighted by molar-refractivity contribution is 7.99. The van der Waals surface area contributed by atoms with Gasteiger partial charge in [-0.1, -0.05) is 25.7 Å². The van der Waals surface area contributed by atoms with Crippen LogP contribution in [0.5, 0.6) is 0 Å². The summed E-state index contributed by atoms with van der Waals surface area (Å²) < 4.78 is 19.7. The molecule has 0 saturated heterocycles. The topological polar surface area (TPSA) is 94.4 Å². The molecule has 0 heterocycles. The van der Waals surface area contributed by atoms with E-state index in [0.717, 1.165) is 63.3 Å². The molecule has 7 nitrogen and oxygen atoms in total. The zero-order chi connectivity index (χ0) is 17.5. The molecule has 0 aliphatic heterocycles. The van der Waals surface area contributed by atoms with Gasteiger partial charge in [0.05, 0.1) is 23.6 Å². The van der Waals surface area contributed by atoms with E-state index in [1.165, 1.54) is 0 Å². The minimum Gasteiger partial charge on any atom is -0.480 e. The summed E-state index contributed by atoms with van der Waals surface area (Å²) >= 11 is 1.14. The highest BCUT2D eigenvalue weighted by Crippen LogP contribution is 2.56. The van der Waals surface area contributed by atoms with Crippen LogP contribution in [0, 0.1) is 4.91 Å². The summed E-state index contributed by atoms with van der Waals surface area (Å²) in [6, 6.07) is 0. The summed E-state index contributed by atoms with van der Waals surface area (Å²) in [7, 11) is 1.55. The van der Waals surface area contributed by atoms with Gasteiger partial charge in [0.25, 0.3) is 0 Å². The minimum absolute atomic E-state index is 0.254. The molecule has 0 radical (unpaired) electrons. The summed E-state index contributed by atoms with van der Waals surface area (Å²) in [5, 5.41) is 8.79. The first kappa shape index (κ1) is 19.6.